The molecule has 0 spiro atoms. The van der Waals surface area contributed by atoms with Crippen molar-refractivity contribution in [3.8, 4) is 0 Å². The van der Waals surface area contributed by atoms with E-state index in [2.05, 4.69) is 23.7 Å². The van der Waals surface area contributed by atoms with Crippen molar-refractivity contribution in [3.05, 3.63) is 35.5 Å². The van der Waals surface area contributed by atoms with E-state index in [9.17, 15) is 38.3 Å². The van der Waals surface area contributed by atoms with Crippen LogP contribution in [0.4, 0.5) is 10.5 Å². The summed E-state index contributed by atoms with van der Waals surface area (Å²) in [6.07, 6.45) is 3.05. The van der Waals surface area contributed by atoms with E-state index in [1.54, 1.807) is 35.4 Å². The number of carbonyl (C=O) groups excluding carboxylic acids is 2. The number of ether oxygens (including phenoxy) is 1. The van der Waals surface area contributed by atoms with Gasteiger partial charge in [0.2, 0.25) is 11.4 Å². The molecule has 2 aromatic rings. The van der Waals surface area contributed by atoms with Crippen LogP contribution in [0.2, 0.25) is 5.02 Å². The zero-order valence-corrected chi connectivity index (χ0v) is 27.0. The van der Waals surface area contributed by atoms with Crippen LogP contribution in [0.15, 0.2) is 30.5 Å². The summed E-state index contributed by atoms with van der Waals surface area (Å²) >= 11 is 6.18. The van der Waals surface area contributed by atoms with Gasteiger partial charge < -0.3 is 34.5 Å². The maximum absolute atomic E-state index is 13.8. The molecule has 16 heteroatoms. The van der Waals surface area contributed by atoms with Gasteiger partial charge in [-0.25, -0.2) is 4.79 Å². The van der Waals surface area contributed by atoms with Crippen LogP contribution in [0.3, 0.4) is 0 Å². The predicted molar refractivity (Wildman–Crippen MR) is 164 cm³/mol. The minimum Gasteiger partial charge on any atom is -0.446 e. The van der Waals surface area contributed by atoms with E-state index in [1.165, 1.54) is 0 Å². The molecule has 43 heavy (non-hydrogen) atoms. The number of fused-ring (bicyclic) bond motifs is 1. The number of nitrogens with zero attached hydrogens (tertiary/aromatic N) is 3. The molecule has 1 fully saturated rings. The molecule has 1 aliphatic rings. The number of amides is 2. The summed E-state index contributed by atoms with van der Waals surface area (Å²) in [6.45, 7) is 8.85. The highest BCUT2D eigenvalue weighted by molar-refractivity contribution is 7.70. The first-order valence-electron chi connectivity index (χ1n) is 14.3. The number of aromatic nitrogens is 1. The third kappa shape index (κ3) is 9.70. The summed E-state index contributed by atoms with van der Waals surface area (Å²) in [7, 11) is -10.7. The number of carbonyl (C=O) groups is 2. The highest BCUT2D eigenvalue weighted by atomic mass is 35.5. The third-order valence-corrected chi connectivity index (χ3v) is 11.3. The molecule has 13 nitrogen and oxygen atoms in total. The van der Waals surface area contributed by atoms with Gasteiger partial charge in [0.1, 0.15) is 6.10 Å². The van der Waals surface area contributed by atoms with Crippen molar-refractivity contribution >= 4 is 55.4 Å². The predicted octanol–water partition coefficient (Wildman–Crippen LogP) is 4.66. The SMILES string of the molecule is CCN(CC)CCCC(C)N(C(=O)OC1CCCC(C(=O)NC(P(=O)(O)O)P(=O)(O)O)C1)c1ccnc2cc(Cl)ccc12. The Kier molecular flexibility index (Phi) is 12.6. The van der Waals surface area contributed by atoms with Crippen LogP contribution >= 0.6 is 26.8 Å². The second-order valence-corrected chi connectivity index (χ2v) is 15.0. The van der Waals surface area contributed by atoms with Crippen LogP contribution in [-0.2, 0) is 18.7 Å². The van der Waals surface area contributed by atoms with Gasteiger partial charge in [-0.1, -0.05) is 25.4 Å². The lowest BCUT2D eigenvalue weighted by molar-refractivity contribution is -0.127. The van der Waals surface area contributed by atoms with Gasteiger partial charge in [0.15, 0.2) is 0 Å². The quantitative estimate of drug-likeness (QED) is 0.188. The van der Waals surface area contributed by atoms with Crippen LogP contribution in [0.1, 0.15) is 59.3 Å². The Morgan fingerprint density at radius 1 is 1.12 bits per heavy atom. The molecule has 1 aromatic heterocycles. The fourth-order valence-electron chi connectivity index (χ4n) is 5.41. The average molecular weight is 663 g/mol. The largest absolute Gasteiger partial charge is 0.446 e. The van der Waals surface area contributed by atoms with Crippen molar-refractivity contribution in [1.82, 2.24) is 15.2 Å². The molecule has 3 atom stereocenters. The first-order valence-corrected chi connectivity index (χ1v) is 18.1. The Morgan fingerprint density at radius 3 is 2.42 bits per heavy atom. The first kappa shape index (κ1) is 35.4. The van der Waals surface area contributed by atoms with Gasteiger partial charge in [-0.2, -0.15) is 0 Å². The molecule has 2 amide bonds. The third-order valence-electron chi connectivity index (χ3n) is 7.74. The van der Waals surface area contributed by atoms with Crippen molar-refractivity contribution in [3.63, 3.8) is 0 Å². The van der Waals surface area contributed by atoms with Gasteiger partial charge in [-0.15, -0.1) is 0 Å². The highest BCUT2D eigenvalue weighted by Crippen LogP contribution is 2.58. The van der Waals surface area contributed by atoms with Crippen LogP contribution < -0.4 is 10.2 Å². The summed E-state index contributed by atoms with van der Waals surface area (Å²) in [5.74, 6) is -1.79. The summed E-state index contributed by atoms with van der Waals surface area (Å²) in [6, 6.07) is 6.69. The number of pyridine rings is 1. The maximum atomic E-state index is 13.8. The zero-order chi connectivity index (χ0) is 31.9. The molecule has 0 aliphatic heterocycles. The lowest BCUT2D eigenvalue weighted by atomic mass is 9.86. The first-order chi connectivity index (χ1) is 20.1. The smallest absolute Gasteiger partial charge is 0.414 e. The highest BCUT2D eigenvalue weighted by Gasteiger charge is 2.46. The van der Waals surface area contributed by atoms with E-state index >= 15 is 0 Å². The molecule has 240 valence electrons. The molecule has 1 aromatic carbocycles. The molecule has 3 rings (SSSR count). The Morgan fingerprint density at radius 2 is 1.79 bits per heavy atom. The van der Waals surface area contributed by atoms with Gasteiger partial charge in [-0.05, 0) is 89.3 Å². The Labute approximate surface area is 256 Å². The molecule has 0 radical (unpaired) electrons. The van der Waals surface area contributed by atoms with Crippen LogP contribution in [0, 0.1) is 5.92 Å². The Hall–Kier alpha value is -2.08. The van der Waals surface area contributed by atoms with E-state index in [1.807, 2.05) is 12.2 Å². The van der Waals surface area contributed by atoms with Crippen molar-refractivity contribution in [1.29, 1.82) is 0 Å². The van der Waals surface area contributed by atoms with E-state index < -0.39 is 44.7 Å². The minimum absolute atomic E-state index is 0.0312. The number of benzene rings is 1. The van der Waals surface area contributed by atoms with E-state index in [-0.39, 0.29) is 12.5 Å². The zero-order valence-electron chi connectivity index (χ0n) is 24.5. The molecule has 5 N–H and O–H groups in total. The number of halogens is 1. The van der Waals surface area contributed by atoms with Crippen molar-refractivity contribution < 1.29 is 43.0 Å². The van der Waals surface area contributed by atoms with Gasteiger partial charge in [0.05, 0.1) is 11.2 Å². The van der Waals surface area contributed by atoms with Gasteiger partial charge in [0.25, 0.3) is 0 Å². The molecular weight excluding hydrogens is 622 g/mol. The monoisotopic (exact) mass is 662 g/mol. The van der Waals surface area contributed by atoms with Crippen LogP contribution in [0.25, 0.3) is 10.9 Å². The maximum Gasteiger partial charge on any atom is 0.414 e. The minimum atomic E-state index is -5.35. The number of rotatable bonds is 13. The van der Waals surface area contributed by atoms with Crippen molar-refractivity contribution in [2.45, 2.75) is 77.0 Å². The topological polar surface area (TPSA) is 190 Å². The molecule has 1 heterocycles. The lowest BCUT2D eigenvalue weighted by Gasteiger charge is -2.34. The van der Waals surface area contributed by atoms with E-state index in [0.717, 1.165) is 26.1 Å². The fraction of sp³-hybridized carbons (Fsp3) is 0.593. The molecule has 3 unspecified atom stereocenters. The van der Waals surface area contributed by atoms with E-state index in [0.29, 0.717) is 47.3 Å². The molecule has 0 bridgehead atoms. The average Bonchev–Trinajstić information content (AvgIpc) is 2.93. The molecular formula is C27H41ClN4O9P2. The van der Waals surface area contributed by atoms with Gasteiger partial charge >= 0.3 is 21.3 Å². The molecule has 1 saturated carbocycles. The van der Waals surface area contributed by atoms with Gasteiger partial charge in [0, 0.05) is 28.6 Å². The van der Waals surface area contributed by atoms with Crippen LogP contribution in [-0.4, -0.2) is 78.8 Å². The Bertz CT molecular complexity index is 1350. The van der Waals surface area contributed by atoms with E-state index in [4.69, 9.17) is 16.3 Å². The number of hydrogen-bond donors (Lipinski definition) is 5. The Balaban J connectivity index is 1.81. The summed E-state index contributed by atoms with van der Waals surface area (Å²) in [5.41, 5.74) is -1.44. The summed E-state index contributed by atoms with van der Waals surface area (Å²) in [5, 5.41) is 3.05. The van der Waals surface area contributed by atoms with Crippen molar-refractivity contribution in [2.75, 3.05) is 24.5 Å². The lowest BCUT2D eigenvalue weighted by Crippen LogP contribution is -2.44. The normalized spacial score (nSPS) is 18.6. The number of anilines is 1. The summed E-state index contributed by atoms with van der Waals surface area (Å²) in [4.78, 5) is 72.4. The fourth-order valence-corrected chi connectivity index (χ4v) is 7.73. The second-order valence-electron chi connectivity index (χ2n) is 10.8. The number of nitrogens with one attached hydrogen (secondary N) is 1. The number of hydrogen-bond acceptors (Lipinski definition) is 7. The second kappa shape index (κ2) is 15.3. The standard InChI is InChI=1S/C27H41ClN4O9P2/c1-4-31(5-2)15-7-8-18(3)32(24-13-14-29-23-17-20(28)11-12-22(23)24)27(34)41-21-10-6-9-19(16-21)25(33)30-26(42(35,36)37)43(38,39)40/h11-14,17-19,21,26H,4-10,15-16H2,1-3H3,(H,30,33)(H2,35,36,37)(H2,38,39,40). The molecule has 0 saturated heterocycles. The van der Waals surface area contributed by atoms with Gasteiger partial charge in [-0.3, -0.25) is 23.8 Å². The molecule has 1 aliphatic carbocycles. The van der Waals surface area contributed by atoms with Crippen molar-refractivity contribution in [2.24, 2.45) is 5.92 Å². The van der Waals surface area contributed by atoms with Crippen LogP contribution in [0.5, 0.6) is 0 Å². The summed E-state index contributed by atoms with van der Waals surface area (Å²) < 4.78 is 29.2.